The highest BCUT2D eigenvalue weighted by Gasteiger charge is 2.55. The van der Waals surface area contributed by atoms with Crippen LogP contribution in [0.2, 0.25) is 0 Å². The zero-order valence-electron chi connectivity index (χ0n) is 16.1. The first-order chi connectivity index (χ1) is 11.8. The van der Waals surface area contributed by atoms with Crippen molar-refractivity contribution >= 4 is 0 Å². The number of aliphatic hydroxyl groups is 1. The minimum Gasteiger partial charge on any atom is -0.380 e. The standard InChI is InChI=1S/C22H30N2O/c1-6-17-11-20(13-23-12-17)22(25,21(4)14-24(5)15-21)19-9-7-18(8-10-19)16(2)3/h7-13,16,25H,6,14-15H2,1-5H3. The molecule has 25 heavy (non-hydrogen) atoms. The third-order valence-corrected chi connectivity index (χ3v) is 5.73. The summed E-state index contributed by atoms with van der Waals surface area (Å²) in [5.74, 6) is 0.484. The van der Waals surface area contributed by atoms with Crippen LogP contribution in [0.15, 0.2) is 42.7 Å². The van der Waals surface area contributed by atoms with Gasteiger partial charge in [-0.2, -0.15) is 0 Å². The van der Waals surface area contributed by atoms with E-state index in [1.807, 2.05) is 12.4 Å². The van der Waals surface area contributed by atoms with E-state index in [-0.39, 0.29) is 5.41 Å². The Hall–Kier alpha value is -1.71. The monoisotopic (exact) mass is 338 g/mol. The zero-order chi connectivity index (χ0) is 18.2. The zero-order valence-corrected chi connectivity index (χ0v) is 16.1. The summed E-state index contributed by atoms with van der Waals surface area (Å²) in [6, 6.07) is 10.6. The molecule has 1 aliphatic rings. The van der Waals surface area contributed by atoms with Crippen molar-refractivity contribution in [3.05, 3.63) is 65.0 Å². The molecule has 1 saturated heterocycles. The van der Waals surface area contributed by atoms with Gasteiger partial charge in [0, 0.05) is 36.5 Å². The predicted octanol–water partition coefficient (Wildman–Crippen LogP) is 3.96. The number of hydrogen-bond donors (Lipinski definition) is 1. The molecule has 1 atom stereocenters. The molecule has 0 radical (unpaired) electrons. The first kappa shape index (κ1) is 18.1. The van der Waals surface area contributed by atoms with E-state index in [9.17, 15) is 5.11 Å². The van der Waals surface area contributed by atoms with Crippen molar-refractivity contribution in [2.45, 2.75) is 45.6 Å². The molecule has 0 spiro atoms. The van der Waals surface area contributed by atoms with E-state index in [1.54, 1.807) is 0 Å². The Balaban J connectivity index is 2.12. The number of likely N-dealkylation sites (tertiary alicyclic amines) is 1. The molecular weight excluding hydrogens is 308 g/mol. The number of aryl methyl sites for hydroxylation is 1. The Kier molecular flexibility index (Phi) is 4.74. The van der Waals surface area contributed by atoms with Gasteiger partial charge < -0.3 is 10.0 Å². The van der Waals surface area contributed by atoms with Crippen molar-refractivity contribution in [2.75, 3.05) is 20.1 Å². The van der Waals surface area contributed by atoms with E-state index in [0.29, 0.717) is 5.92 Å². The second-order valence-corrected chi connectivity index (χ2v) is 8.16. The fourth-order valence-corrected chi connectivity index (χ4v) is 4.23. The molecule has 1 fully saturated rings. The predicted molar refractivity (Wildman–Crippen MR) is 103 cm³/mol. The van der Waals surface area contributed by atoms with Crippen LogP contribution in [-0.4, -0.2) is 35.1 Å². The Labute approximate surface area is 151 Å². The number of pyridine rings is 1. The lowest BCUT2D eigenvalue weighted by molar-refractivity contribution is -0.127. The Morgan fingerprint density at radius 2 is 1.80 bits per heavy atom. The molecule has 1 aliphatic heterocycles. The van der Waals surface area contributed by atoms with Gasteiger partial charge in [-0.15, -0.1) is 0 Å². The van der Waals surface area contributed by atoms with E-state index in [0.717, 1.165) is 36.2 Å². The quantitative estimate of drug-likeness (QED) is 0.896. The second-order valence-electron chi connectivity index (χ2n) is 8.16. The fourth-order valence-electron chi connectivity index (χ4n) is 4.23. The molecule has 2 heterocycles. The van der Waals surface area contributed by atoms with E-state index in [4.69, 9.17) is 0 Å². The highest BCUT2D eigenvalue weighted by atomic mass is 16.3. The number of aromatic nitrogens is 1. The van der Waals surface area contributed by atoms with Gasteiger partial charge in [-0.05, 0) is 42.1 Å². The molecule has 3 rings (SSSR count). The van der Waals surface area contributed by atoms with Crippen LogP contribution >= 0.6 is 0 Å². The minimum atomic E-state index is -1.03. The molecule has 3 nitrogen and oxygen atoms in total. The summed E-state index contributed by atoms with van der Waals surface area (Å²) in [6.45, 7) is 10.4. The molecule has 1 aromatic carbocycles. The summed E-state index contributed by atoms with van der Waals surface area (Å²) in [7, 11) is 2.10. The minimum absolute atomic E-state index is 0.227. The van der Waals surface area contributed by atoms with Gasteiger partial charge in [0.25, 0.3) is 0 Å². The number of nitrogens with zero attached hydrogens (tertiary/aromatic N) is 2. The van der Waals surface area contributed by atoms with E-state index < -0.39 is 5.60 Å². The SMILES string of the molecule is CCc1cncc(C(O)(c2ccc(C(C)C)cc2)C2(C)CN(C)C2)c1. The van der Waals surface area contributed by atoms with Crippen molar-refractivity contribution in [1.29, 1.82) is 0 Å². The third kappa shape index (κ3) is 3.00. The maximum absolute atomic E-state index is 12.0. The molecule has 0 aliphatic carbocycles. The molecule has 1 N–H and O–H groups in total. The van der Waals surface area contributed by atoms with Crippen LogP contribution in [0.3, 0.4) is 0 Å². The van der Waals surface area contributed by atoms with Crippen LogP contribution in [0.1, 0.15) is 55.9 Å². The maximum Gasteiger partial charge on any atom is 0.124 e. The highest BCUT2D eigenvalue weighted by Crippen LogP contribution is 2.50. The normalized spacial score (nSPS) is 19.5. The summed E-state index contributed by atoms with van der Waals surface area (Å²) < 4.78 is 0. The molecular formula is C22H30N2O. The summed E-state index contributed by atoms with van der Waals surface area (Å²) in [5, 5.41) is 12.0. The van der Waals surface area contributed by atoms with Crippen molar-refractivity contribution < 1.29 is 5.11 Å². The molecule has 1 unspecified atom stereocenters. The molecule has 0 saturated carbocycles. The van der Waals surface area contributed by atoms with Gasteiger partial charge in [0.15, 0.2) is 0 Å². The molecule has 0 bridgehead atoms. The van der Waals surface area contributed by atoms with Crippen molar-refractivity contribution in [1.82, 2.24) is 9.88 Å². The summed E-state index contributed by atoms with van der Waals surface area (Å²) in [4.78, 5) is 6.66. The largest absolute Gasteiger partial charge is 0.380 e. The van der Waals surface area contributed by atoms with E-state index >= 15 is 0 Å². The highest BCUT2D eigenvalue weighted by molar-refractivity contribution is 5.41. The van der Waals surface area contributed by atoms with Crippen LogP contribution in [0.25, 0.3) is 0 Å². The third-order valence-electron chi connectivity index (χ3n) is 5.73. The van der Waals surface area contributed by atoms with Gasteiger partial charge in [0.1, 0.15) is 5.60 Å². The van der Waals surface area contributed by atoms with Crippen LogP contribution in [0.4, 0.5) is 0 Å². The first-order valence-corrected chi connectivity index (χ1v) is 9.26. The lowest BCUT2D eigenvalue weighted by Crippen LogP contribution is -2.63. The maximum atomic E-state index is 12.0. The van der Waals surface area contributed by atoms with E-state index in [2.05, 4.69) is 75.0 Å². The van der Waals surface area contributed by atoms with Gasteiger partial charge in [-0.25, -0.2) is 0 Å². The molecule has 1 aromatic heterocycles. The molecule has 0 amide bonds. The van der Waals surface area contributed by atoms with E-state index in [1.165, 1.54) is 5.56 Å². The Morgan fingerprint density at radius 3 is 2.32 bits per heavy atom. The van der Waals surface area contributed by atoms with Crippen LogP contribution in [0.5, 0.6) is 0 Å². The number of hydrogen-bond acceptors (Lipinski definition) is 3. The van der Waals surface area contributed by atoms with Crippen LogP contribution in [0, 0.1) is 5.41 Å². The van der Waals surface area contributed by atoms with Gasteiger partial charge in [-0.3, -0.25) is 4.98 Å². The number of benzene rings is 1. The summed E-state index contributed by atoms with van der Waals surface area (Å²) in [6.07, 6.45) is 4.64. The lowest BCUT2D eigenvalue weighted by Gasteiger charge is -2.56. The Morgan fingerprint density at radius 1 is 1.16 bits per heavy atom. The van der Waals surface area contributed by atoms with Crippen molar-refractivity contribution in [2.24, 2.45) is 5.41 Å². The molecule has 2 aromatic rings. The molecule has 3 heteroatoms. The lowest BCUT2D eigenvalue weighted by atomic mass is 9.62. The fraction of sp³-hybridized carbons (Fsp3) is 0.500. The first-order valence-electron chi connectivity index (χ1n) is 9.26. The smallest absolute Gasteiger partial charge is 0.124 e. The second kappa shape index (κ2) is 6.54. The topological polar surface area (TPSA) is 36.4 Å². The average Bonchev–Trinajstić information content (AvgIpc) is 2.59. The number of rotatable bonds is 5. The average molecular weight is 338 g/mol. The summed E-state index contributed by atoms with van der Waals surface area (Å²) in [5.41, 5.74) is 3.05. The van der Waals surface area contributed by atoms with Crippen LogP contribution < -0.4 is 0 Å². The van der Waals surface area contributed by atoms with Gasteiger partial charge >= 0.3 is 0 Å². The van der Waals surface area contributed by atoms with Gasteiger partial charge in [0.05, 0.1) is 0 Å². The van der Waals surface area contributed by atoms with Gasteiger partial charge in [-0.1, -0.05) is 52.0 Å². The molecule has 134 valence electrons. The summed E-state index contributed by atoms with van der Waals surface area (Å²) >= 11 is 0. The van der Waals surface area contributed by atoms with Gasteiger partial charge in [0.2, 0.25) is 0 Å². The van der Waals surface area contributed by atoms with Crippen molar-refractivity contribution in [3.8, 4) is 0 Å². The Bertz CT molecular complexity index is 732. The van der Waals surface area contributed by atoms with Crippen molar-refractivity contribution in [3.63, 3.8) is 0 Å². The van der Waals surface area contributed by atoms with Crippen LogP contribution in [-0.2, 0) is 12.0 Å².